The van der Waals surface area contributed by atoms with Crippen LogP contribution in [-0.2, 0) is 0 Å². The highest BCUT2D eigenvalue weighted by atomic mass is 19.1. The fourth-order valence-corrected chi connectivity index (χ4v) is 1.43. The van der Waals surface area contributed by atoms with E-state index in [1.165, 1.54) is 0 Å². The second kappa shape index (κ2) is 4.97. The van der Waals surface area contributed by atoms with Gasteiger partial charge in [0.15, 0.2) is 11.6 Å². The predicted octanol–water partition coefficient (Wildman–Crippen LogP) is 3.80. The first-order valence-electron chi connectivity index (χ1n) is 5.05. The molecule has 0 radical (unpaired) electrons. The smallest absolute Gasteiger partial charge is 0.346 e. The van der Waals surface area contributed by atoms with E-state index in [-0.39, 0.29) is 0 Å². The van der Waals surface area contributed by atoms with Crippen molar-refractivity contribution in [3.8, 4) is 11.5 Å². The van der Waals surface area contributed by atoms with E-state index in [2.05, 4.69) is 0 Å². The molecule has 4 nitrogen and oxygen atoms in total. The maximum Gasteiger partial charge on any atom is 0.346 e. The lowest BCUT2D eigenvalue weighted by Gasteiger charge is -2.07. The van der Waals surface area contributed by atoms with Gasteiger partial charge in [-0.2, -0.15) is 4.39 Å². The SMILES string of the molecule is O=[N+]([O-])c1c(F)cccc1Oc1cc(F)ccc1F. The summed E-state index contributed by atoms with van der Waals surface area (Å²) in [5.41, 5.74) is -0.939. The number of nitrogens with zero attached hydrogens (tertiary/aromatic N) is 1. The molecule has 0 unspecified atom stereocenters. The molecule has 0 saturated heterocycles. The summed E-state index contributed by atoms with van der Waals surface area (Å²) in [6.45, 7) is 0. The Labute approximate surface area is 105 Å². The predicted molar refractivity (Wildman–Crippen MR) is 59.5 cm³/mol. The monoisotopic (exact) mass is 269 g/mol. The molecular formula is C12H6F3NO3. The zero-order chi connectivity index (χ0) is 14.0. The van der Waals surface area contributed by atoms with E-state index < -0.39 is 39.6 Å². The molecule has 0 spiro atoms. The van der Waals surface area contributed by atoms with Crippen molar-refractivity contribution in [3.63, 3.8) is 0 Å². The first-order valence-corrected chi connectivity index (χ1v) is 5.05. The minimum atomic E-state index is -1.13. The summed E-state index contributed by atoms with van der Waals surface area (Å²) < 4.78 is 44.4. The Hall–Kier alpha value is -2.57. The molecule has 0 aliphatic heterocycles. The molecule has 2 aromatic rings. The van der Waals surface area contributed by atoms with Gasteiger partial charge in [0.2, 0.25) is 11.6 Å². The molecule has 7 heteroatoms. The van der Waals surface area contributed by atoms with Gasteiger partial charge in [-0.15, -0.1) is 0 Å². The third-order valence-corrected chi connectivity index (χ3v) is 2.25. The van der Waals surface area contributed by atoms with E-state index in [0.29, 0.717) is 6.07 Å². The van der Waals surface area contributed by atoms with Crippen molar-refractivity contribution in [2.45, 2.75) is 0 Å². The molecule has 0 amide bonds. The van der Waals surface area contributed by atoms with E-state index in [1.807, 2.05) is 0 Å². The first kappa shape index (κ1) is 12.9. The molecule has 2 rings (SSSR count). The molecular weight excluding hydrogens is 263 g/mol. The number of nitro groups is 1. The molecule has 19 heavy (non-hydrogen) atoms. The maximum atomic E-state index is 13.3. The topological polar surface area (TPSA) is 52.4 Å². The minimum absolute atomic E-state index is 0.505. The van der Waals surface area contributed by atoms with E-state index in [1.54, 1.807) is 0 Å². The van der Waals surface area contributed by atoms with Gasteiger partial charge in [0, 0.05) is 6.07 Å². The molecule has 0 aliphatic carbocycles. The van der Waals surface area contributed by atoms with Crippen LogP contribution < -0.4 is 4.74 Å². The average Bonchev–Trinajstić information content (AvgIpc) is 2.33. The zero-order valence-corrected chi connectivity index (χ0v) is 9.27. The Bertz CT molecular complexity index is 646. The number of nitro benzene ring substituents is 1. The van der Waals surface area contributed by atoms with Gasteiger partial charge in [0.05, 0.1) is 4.92 Å². The molecule has 0 saturated carbocycles. The standard InChI is InChI=1S/C12H6F3NO3/c13-7-4-5-8(14)11(6-7)19-10-3-1-2-9(15)12(10)16(17)18/h1-6H. The third-order valence-electron chi connectivity index (χ3n) is 2.25. The van der Waals surface area contributed by atoms with Crippen LogP contribution in [0.2, 0.25) is 0 Å². The van der Waals surface area contributed by atoms with Crippen molar-refractivity contribution >= 4 is 5.69 Å². The highest BCUT2D eigenvalue weighted by Gasteiger charge is 2.22. The lowest BCUT2D eigenvalue weighted by atomic mass is 10.2. The van der Waals surface area contributed by atoms with Crippen molar-refractivity contribution in [1.29, 1.82) is 0 Å². The Morgan fingerprint density at radius 2 is 1.74 bits per heavy atom. The highest BCUT2D eigenvalue weighted by Crippen LogP contribution is 2.34. The second-order valence-corrected chi connectivity index (χ2v) is 3.52. The lowest BCUT2D eigenvalue weighted by Crippen LogP contribution is -1.97. The number of benzene rings is 2. The van der Waals surface area contributed by atoms with Gasteiger partial charge >= 0.3 is 5.69 Å². The van der Waals surface area contributed by atoms with E-state index in [4.69, 9.17) is 4.74 Å². The summed E-state index contributed by atoms with van der Waals surface area (Å²) in [6.07, 6.45) is 0. The fraction of sp³-hybridized carbons (Fsp3) is 0. The van der Waals surface area contributed by atoms with E-state index in [9.17, 15) is 23.3 Å². The number of para-hydroxylation sites is 1. The van der Waals surface area contributed by atoms with Crippen LogP contribution in [0.15, 0.2) is 36.4 Å². The largest absolute Gasteiger partial charge is 0.447 e. The molecule has 0 heterocycles. The summed E-state index contributed by atoms with van der Waals surface area (Å²) in [6, 6.07) is 5.50. The molecule has 2 aromatic carbocycles. The Balaban J connectivity index is 2.46. The molecule has 0 aromatic heterocycles. The number of rotatable bonds is 3. The van der Waals surface area contributed by atoms with Gasteiger partial charge in [0.25, 0.3) is 0 Å². The normalized spacial score (nSPS) is 10.3. The van der Waals surface area contributed by atoms with Crippen LogP contribution in [0.4, 0.5) is 18.9 Å². The van der Waals surface area contributed by atoms with Crippen molar-refractivity contribution in [2.75, 3.05) is 0 Å². The summed E-state index contributed by atoms with van der Waals surface area (Å²) in [5.74, 6) is -3.89. The Morgan fingerprint density at radius 3 is 2.42 bits per heavy atom. The van der Waals surface area contributed by atoms with Crippen LogP contribution in [0, 0.1) is 27.6 Å². The second-order valence-electron chi connectivity index (χ2n) is 3.52. The van der Waals surface area contributed by atoms with Crippen molar-refractivity contribution in [3.05, 3.63) is 64.0 Å². The number of hydrogen-bond acceptors (Lipinski definition) is 3. The molecule has 98 valence electrons. The van der Waals surface area contributed by atoms with Gasteiger partial charge < -0.3 is 4.74 Å². The molecule has 0 N–H and O–H groups in total. The van der Waals surface area contributed by atoms with E-state index in [0.717, 1.165) is 30.3 Å². The molecule has 0 atom stereocenters. The van der Waals surface area contributed by atoms with Gasteiger partial charge in [-0.1, -0.05) is 6.07 Å². The van der Waals surface area contributed by atoms with Crippen LogP contribution in [-0.4, -0.2) is 4.92 Å². The van der Waals surface area contributed by atoms with Crippen LogP contribution in [0.3, 0.4) is 0 Å². The first-order chi connectivity index (χ1) is 8.99. The van der Waals surface area contributed by atoms with Crippen molar-refractivity contribution in [2.24, 2.45) is 0 Å². The van der Waals surface area contributed by atoms with Crippen molar-refractivity contribution < 1.29 is 22.8 Å². The number of ether oxygens (including phenoxy) is 1. The van der Waals surface area contributed by atoms with Crippen LogP contribution in [0.1, 0.15) is 0 Å². The quantitative estimate of drug-likeness (QED) is 0.629. The minimum Gasteiger partial charge on any atom is -0.447 e. The van der Waals surface area contributed by atoms with Crippen LogP contribution in [0.5, 0.6) is 11.5 Å². The summed E-state index contributed by atoms with van der Waals surface area (Å²) in [7, 11) is 0. The molecule has 0 bridgehead atoms. The van der Waals surface area contributed by atoms with Gasteiger partial charge in [0.1, 0.15) is 5.82 Å². The number of hydrogen-bond donors (Lipinski definition) is 0. The number of halogens is 3. The molecule has 0 aliphatic rings. The van der Waals surface area contributed by atoms with Gasteiger partial charge in [-0.05, 0) is 24.3 Å². The van der Waals surface area contributed by atoms with Crippen LogP contribution in [0.25, 0.3) is 0 Å². The Kier molecular flexibility index (Phi) is 3.37. The van der Waals surface area contributed by atoms with Crippen LogP contribution >= 0.6 is 0 Å². The van der Waals surface area contributed by atoms with Crippen molar-refractivity contribution in [1.82, 2.24) is 0 Å². The lowest BCUT2D eigenvalue weighted by molar-refractivity contribution is -0.388. The summed E-state index contributed by atoms with van der Waals surface area (Å²) in [4.78, 5) is 9.70. The third kappa shape index (κ3) is 2.65. The maximum absolute atomic E-state index is 13.3. The highest BCUT2D eigenvalue weighted by molar-refractivity contribution is 5.49. The summed E-state index contributed by atoms with van der Waals surface area (Å²) in [5, 5.41) is 10.7. The Morgan fingerprint density at radius 1 is 1.00 bits per heavy atom. The average molecular weight is 269 g/mol. The van der Waals surface area contributed by atoms with Gasteiger partial charge in [-0.25, -0.2) is 8.78 Å². The molecule has 0 fully saturated rings. The zero-order valence-electron chi connectivity index (χ0n) is 9.27. The fourth-order valence-electron chi connectivity index (χ4n) is 1.43. The van der Waals surface area contributed by atoms with E-state index >= 15 is 0 Å². The van der Waals surface area contributed by atoms with Gasteiger partial charge in [-0.3, -0.25) is 10.1 Å². The summed E-state index contributed by atoms with van der Waals surface area (Å²) >= 11 is 0.